The van der Waals surface area contributed by atoms with Crippen LogP contribution in [0.4, 0.5) is 5.00 Å². The number of carbonyl (C=O) groups is 6. The van der Waals surface area contributed by atoms with E-state index in [1.165, 1.54) is 11.3 Å². The second kappa shape index (κ2) is 16.5. The Morgan fingerprint density at radius 1 is 0.900 bits per heavy atom. The standard InChI is InChI=1S/C25H34N2O11S2/c1-8-34-24(33)19-17(9-12(2)3)11-40-23(19)27-25(39)26-22(32)21(38-16(7)31)20(37-15(6)30)18(36-14(5)29)10-35-13(4)28/h11-12,18,20-21H,8-10H2,1-7H3,(H2,26,27,32,39). The molecule has 1 rings (SSSR count). The van der Waals surface area contributed by atoms with E-state index in [1.807, 2.05) is 13.8 Å². The molecular weight excluding hydrogens is 568 g/mol. The summed E-state index contributed by atoms with van der Waals surface area (Å²) in [5.41, 5.74) is 1.00. The zero-order chi connectivity index (χ0) is 30.6. The van der Waals surface area contributed by atoms with E-state index in [0.717, 1.165) is 33.3 Å². The number of carbonyl (C=O) groups excluding carboxylic acids is 6. The van der Waals surface area contributed by atoms with Crippen LogP contribution in [0.15, 0.2) is 5.38 Å². The summed E-state index contributed by atoms with van der Waals surface area (Å²) in [7, 11) is 0. The molecular formula is C25H34N2O11S2. The molecule has 0 saturated heterocycles. The maximum absolute atomic E-state index is 13.3. The summed E-state index contributed by atoms with van der Waals surface area (Å²) in [6.45, 7) is 9.33. The van der Waals surface area contributed by atoms with Crippen molar-refractivity contribution in [3.63, 3.8) is 0 Å². The highest BCUT2D eigenvalue weighted by molar-refractivity contribution is 7.80. The monoisotopic (exact) mass is 602 g/mol. The molecule has 15 heteroatoms. The van der Waals surface area contributed by atoms with Gasteiger partial charge in [0.2, 0.25) is 6.10 Å². The van der Waals surface area contributed by atoms with E-state index in [-0.39, 0.29) is 23.2 Å². The van der Waals surface area contributed by atoms with Crippen LogP contribution in [0.2, 0.25) is 0 Å². The molecule has 0 spiro atoms. The van der Waals surface area contributed by atoms with E-state index in [0.29, 0.717) is 11.4 Å². The zero-order valence-electron chi connectivity index (χ0n) is 23.3. The van der Waals surface area contributed by atoms with E-state index in [9.17, 15) is 28.8 Å². The Labute approximate surface area is 241 Å². The normalized spacial score (nSPS) is 12.8. The fourth-order valence-corrected chi connectivity index (χ4v) is 4.64. The molecule has 0 aliphatic carbocycles. The summed E-state index contributed by atoms with van der Waals surface area (Å²) in [5, 5.41) is 6.91. The molecule has 0 aliphatic rings. The molecule has 0 radical (unpaired) electrons. The van der Waals surface area contributed by atoms with Crippen molar-refractivity contribution in [2.24, 2.45) is 5.92 Å². The van der Waals surface area contributed by atoms with Crippen molar-refractivity contribution in [3.05, 3.63) is 16.5 Å². The molecule has 13 nitrogen and oxygen atoms in total. The number of thiophene rings is 1. The van der Waals surface area contributed by atoms with Crippen molar-refractivity contribution in [1.82, 2.24) is 5.32 Å². The summed E-state index contributed by atoms with van der Waals surface area (Å²) in [6.07, 6.45) is -4.54. The fraction of sp³-hybridized carbons (Fsp3) is 0.560. The second-order valence-electron chi connectivity index (χ2n) is 8.78. The van der Waals surface area contributed by atoms with Crippen LogP contribution in [0.25, 0.3) is 0 Å². The molecule has 222 valence electrons. The lowest BCUT2D eigenvalue weighted by Crippen LogP contribution is -2.55. The van der Waals surface area contributed by atoms with Gasteiger partial charge in [0, 0.05) is 27.7 Å². The minimum absolute atomic E-state index is 0.148. The molecule has 0 aromatic carbocycles. The van der Waals surface area contributed by atoms with Crippen molar-refractivity contribution in [2.45, 2.75) is 73.2 Å². The van der Waals surface area contributed by atoms with Gasteiger partial charge in [0.15, 0.2) is 17.3 Å². The smallest absolute Gasteiger partial charge is 0.341 e. The molecule has 1 amide bonds. The van der Waals surface area contributed by atoms with E-state index < -0.39 is 60.7 Å². The molecule has 1 aromatic rings. The highest BCUT2D eigenvalue weighted by Crippen LogP contribution is 2.31. The Bertz CT molecular complexity index is 1120. The van der Waals surface area contributed by atoms with Crippen molar-refractivity contribution >= 4 is 69.4 Å². The van der Waals surface area contributed by atoms with Crippen LogP contribution in [0.5, 0.6) is 0 Å². The van der Waals surface area contributed by atoms with Gasteiger partial charge in [-0.15, -0.1) is 11.3 Å². The molecule has 0 saturated carbocycles. The molecule has 1 aromatic heterocycles. The van der Waals surface area contributed by atoms with Crippen LogP contribution < -0.4 is 10.6 Å². The SMILES string of the molecule is CCOC(=O)c1c(CC(C)C)csc1NC(=S)NC(=O)C(OC(C)=O)C(OC(C)=O)C(COC(C)=O)OC(C)=O. The summed E-state index contributed by atoms with van der Waals surface area (Å²) in [5.74, 6) is -4.84. The van der Waals surface area contributed by atoms with Crippen molar-refractivity contribution in [1.29, 1.82) is 0 Å². The number of rotatable bonds is 13. The molecule has 3 atom stereocenters. The summed E-state index contributed by atoms with van der Waals surface area (Å²) in [4.78, 5) is 72.7. The maximum atomic E-state index is 13.3. The number of nitrogens with one attached hydrogen (secondary N) is 2. The number of ether oxygens (including phenoxy) is 5. The fourth-order valence-electron chi connectivity index (χ4n) is 3.40. The highest BCUT2D eigenvalue weighted by atomic mass is 32.1. The molecule has 1 heterocycles. The average Bonchev–Trinajstić information content (AvgIpc) is 3.19. The Morgan fingerprint density at radius 3 is 2.00 bits per heavy atom. The first-order valence-electron chi connectivity index (χ1n) is 12.2. The Morgan fingerprint density at radius 2 is 1.50 bits per heavy atom. The lowest BCUT2D eigenvalue weighted by Gasteiger charge is -2.30. The van der Waals surface area contributed by atoms with E-state index in [4.69, 9.17) is 35.9 Å². The number of anilines is 1. The summed E-state index contributed by atoms with van der Waals surface area (Å²) in [6, 6.07) is 0. The first-order chi connectivity index (χ1) is 18.7. The molecule has 0 bridgehead atoms. The van der Waals surface area contributed by atoms with Gasteiger partial charge in [-0.2, -0.15) is 0 Å². The van der Waals surface area contributed by atoms with E-state index in [2.05, 4.69) is 10.6 Å². The zero-order valence-corrected chi connectivity index (χ0v) is 24.9. The van der Waals surface area contributed by atoms with Gasteiger partial charge in [-0.3, -0.25) is 29.3 Å². The summed E-state index contributed by atoms with van der Waals surface area (Å²) >= 11 is 6.43. The van der Waals surface area contributed by atoms with E-state index >= 15 is 0 Å². The third kappa shape index (κ3) is 11.7. The molecule has 3 unspecified atom stereocenters. The van der Waals surface area contributed by atoms with Gasteiger partial charge in [0.25, 0.3) is 5.91 Å². The van der Waals surface area contributed by atoms with E-state index in [1.54, 1.807) is 12.3 Å². The number of thiocarbonyl (C=S) groups is 1. The minimum Gasteiger partial charge on any atom is -0.462 e. The van der Waals surface area contributed by atoms with Gasteiger partial charge >= 0.3 is 29.8 Å². The van der Waals surface area contributed by atoms with Crippen LogP contribution in [0.1, 0.15) is 64.4 Å². The van der Waals surface area contributed by atoms with Gasteiger partial charge in [-0.1, -0.05) is 13.8 Å². The van der Waals surface area contributed by atoms with Crippen LogP contribution in [0.3, 0.4) is 0 Å². The third-order valence-corrected chi connectivity index (χ3v) is 5.87. The van der Waals surface area contributed by atoms with Crippen molar-refractivity contribution in [2.75, 3.05) is 18.5 Å². The number of esters is 5. The lowest BCUT2D eigenvalue weighted by atomic mass is 10.0. The van der Waals surface area contributed by atoms with Crippen LogP contribution >= 0.6 is 23.6 Å². The Balaban J connectivity index is 3.31. The molecule has 40 heavy (non-hydrogen) atoms. The number of hydrogen-bond donors (Lipinski definition) is 2. The largest absolute Gasteiger partial charge is 0.462 e. The topological polar surface area (TPSA) is 173 Å². The van der Waals surface area contributed by atoms with Gasteiger partial charge < -0.3 is 29.0 Å². The van der Waals surface area contributed by atoms with Gasteiger partial charge in [0.1, 0.15) is 11.6 Å². The summed E-state index contributed by atoms with van der Waals surface area (Å²) < 4.78 is 25.5. The van der Waals surface area contributed by atoms with Crippen LogP contribution in [-0.4, -0.2) is 72.4 Å². The Kier molecular flexibility index (Phi) is 14.2. The second-order valence-corrected chi connectivity index (χ2v) is 10.1. The van der Waals surface area contributed by atoms with Gasteiger partial charge in [-0.05, 0) is 42.4 Å². The number of hydrogen-bond acceptors (Lipinski definition) is 13. The molecule has 2 N–H and O–H groups in total. The minimum atomic E-state index is -1.88. The van der Waals surface area contributed by atoms with Crippen LogP contribution in [0, 0.1) is 5.92 Å². The highest BCUT2D eigenvalue weighted by Gasteiger charge is 2.42. The lowest BCUT2D eigenvalue weighted by molar-refractivity contribution is -0.190. The van der Waals surface area contributed by atoms with Gasteiger partial charge in [0.05, 0.1) is 12.2 Å². The Hall–Kier alpha value is -3.59. The maximum Gasteiger partial charge on any atom is 0.341 e. The van der Waals surface area contributed by atoms with Gasteiger partial charge in [-0.25, -0.2) is 4.79 Å². The third-order valence-electron chi connectivity index (χ3n) is 4.73. The molecule has 0 aliphatic heterocycles. The van der Waals surface area contributed by atoms with Crippen LogP contribution in [-0.2, 0) is 54.1 Å². The predicted molar refractivity (Wildman–Crippen MR) is 146 cm³/mol. The average molecular weight is 603 g/mol. The quantitative estimate of drug-likeness (QED) is 0.191. The van der Waals surface area contributed by atoms with Crippen molar-refractivity contribution in [3.8, 4) is 0 Å². The first-order valence-corrected chi connectivity index (χ1v) is 13.5. The number of amides is 1. The first kappa shape index (κ1) is 34.4. The predicted octanol–water partition coefficient (Wildman–Crippen LogP) is 2.29. The molecule has 0 fully saturated rings. The van der Waals surface area contributed by atoms with Crippen molar-refractivity contribution < 1.29 is 52.5 Å².